The highest BCUT2D eigenvalue weighted by atomic mass is 19.4. The monoisotopic (exact) mass is 277 g/mol. The molecule has 0 unspecified atom stereocenters. The van der Waals surface area contributed by atoms with Crippen molar-refractivity contribution in [1.82, 2.24) is 4.57 Å². The van der Waals surface area contributed by atoms with Crippen LogP contribution in [0.4, 0.5) is 22.0 Å². The highest BCUT2D eigenvalue weighted by molar-refractivity contribution is 6.05. The standard InChI is InChI=1S/C12H8F5NO/c1-5-7-3-6(13)4-8(14)10(7)18(2)9(5)11(19)12(15,16)17/h3-4H,1-2H3. The zero-order valence-electron chi connectivity index (χ0n) is 9.90. The van der Waals surface area contributed by atoms with Crippen molar-refractivity contribution in [2.24, 2.45) is 7.05 Å². The zero-order valence-corrected chi connectivity index (χ0v) is 9.90. The number of rotatable bonds is 1. The summed E-state index contributed by atoms with van der Waals surface area (Å²) < 4.78 is 64.9. The molecular formula is C12H8F5NO. The van der Waals surface area contributed by atoms with Crippen molar-refractivity contribution >= 4 is 16.7 Å². The van der Waals surface area contributed by atoms with Gasteiger partial charge in [-0.25, -0.2) is 8.78 Å². The first-order valence-electron chi connectivity index (χ1n) is 5.20. The van der Waals surface area contributed by atoms with Gasteiger partial charge >= 0.3 is 6.18 Å². The number of carbonyl (C=O) groups is 1. The molecule has 102 valence electrons. The van der Waals surface area contributed by atoms with Gasteiger partial charge in [0.2, 0.25) is 0 Å². The first kappa shape index (κ1) is 13.5. The van der Waals surface area contributed by atoms with Crippen molar-refractivity contribution in [2.75, 3.05) is 0 Å². The van der Waals surface area contributed by atoms with Crippen molar-refractivity contribution in [1.29, 1.82) is 0 Å². The fourth-order valence-corrected chi connectivity index (χ4v) is 2.14. The molecule has 0 amide bonds. The number of halogens is 5. The summed E-state index contributed by atoms with van der Waals surface area (Å²) in [5.74, 6) is -4.00. The maximum absolute atomic E-state index is 13.6. The van der Waals surface area contributed by atoms with E-state index in [2.05, 4.69) is 0 Å². The summed E-state index contributed by atoms with van der Waals surface area (Å²) in [5.41, 5.74) is -1.02. The molecule has 1 heterocycles. The van der Waals surface area contributed by atoms with Crippen LogP contribution in [0.25, 0.3) is 10.9 Å². The minimum absolute atomic E-state index is 0.0485. The van der Waals surface area contributed by atoms with Crippen LogP contribution in [-0.2, 0) is 7.05 Å². The molecule has 0 saturated carbocycles. The molecule has 0 radical (unpaired) electrons. The van der Waals surface area contributed by atoms with E-state index in [1.54, 1.807) is 0 Å². The Balaban J connectivity index is 2.85. The van der Waals surface area contributed by atoms with Crippen LogP contribution in [0, 0.1) is 18.6 Å². The molecule has 0 spiro atoms. The fourth-order valence-electron chi connectivity index (χ4n) is 2.14. The Morgan fingerprint density at radius 3 is 2.32 bits per heavy atom. The predicted octanol–water partition coefficient (Wildman–Crippen LogP) is 3.51. The van der Waals surface area contributed by atoms with Gasteiger partial charge in [-0.1, -0.05) is 0 Å². The van der Waals surface area contributed by atoms with E-state index in [9.17, 15) is 26.7 Å². The lowest BCUT2D eigenvalue weighted by atomic mass is 10.1. The van der Waals surface area contributed by atoms with Crippen LogP contribution in [0.15, 0.2) is 12.1 Å². The summed E-state index contributed by atoms with van der Waals surface area (Å²) in [6, 6.07) is 1.46. The van der Waals surface area contributed by atoms with Gasteiger partial charge in [0.15, 0.2) is 0 Å². The molecule has 19 heavy (non-hydrogen) atoms. The number of aryl methyl sites for hydroxylation is 2. The molecule has 7 heteroatoms. The van der Waals surface area contributed by atoms with Crippen LogP contribution in [0.3, 0.4) is 0 Å². The van der Waals surface area contributed by atoms with Gasteiger partial charge < -0.3 is 4.57 Å². The lowest BCUT2D eigenvalue weighted by Gasteiger charge is -2.07. The highest BCUT2D eigenvalue weighted by Gasteiger charge is 2.42. The summed E-state index contributed by atoms with van der Waals surface area (Å²) in [6.07, 6.45) is -5.07. The van der Waals surface area contributed by atoms with Gasteiger partial charge in [0.25, 0.3) is 5.78 Å². The van der Waals surface area contributed by atoms with E-state index in [-0.39, 0.29) is 16.5 Å². The summed E-state index contributed by atoms with van der Waals surface area (Å²) in [6.45, 7) is 1.22. The molecule has 2 rings (SSSR count). The fraction of sp³-hybridized carbons (Fsp3) is 0.250. The second-order valence-corrected chi connectivity index (χ2v) is 4.14. The van der Waals surface area contributed by atoms with Crippen molar-refractivity contribution in [2.45, 2.75) is 13.1 Å². The van der Waals surface area contributed by atoms with E-state index in [1.807, 2.05) is 0 Å². The van der Waals surface area contributed by atoms with E-state index in [1.165, 1.54) is 6.92 Å². The zero-order chi connectivity index (χ0) is 14.5. The SMILES string of the molecule is Cc1c(C(=O)C(F)(F)F)n(C)c2c(F)cc(F)cc12. The number of aromatic nitrogens is 1. The number of hydrogen-bond donors (Lipinski definition) is 0. The lowest BCUT2D eigenvalue weighted by molar-refractivity contribution is -0.0890. The number of Topliss-reactive ketones (excluding diaryl/α,β-unsaturated/α-hetero) is 1. The summed E-state index contributed by atoms with van der Waals surface area (Å²) >= 11 is 0. The topological polar surface area (TPSA) is 22.0 Å². The molecule has 1 aromatic heterocycles. The predicted molar refractivity (Wildman–Crippen MR) is 58.0 cm³/mol. The van der Waals surface area contributed by atoms with E-state index in [0.717, 1.165) is 17.7 Å². The molecule has 2 nitrogen and oxygen atoms in total. The first-order chi connectivity index (χ1) is 8.64. The van der Waals surface area contributed by atoms with Gasteiger partial charge in [-0.15, -0.1) is 0 Å². The smallest absolute Gasteiger partial charge is 0.338 e. The van der Waals surface area contributed by atoms with Crippen LogP contribution < -0.4 is 0 Å². The number of alkyl halides is 3. The van der Waals surface area contributed by atoms with Crippen LogP contribution in [0.2, 0.25) is 0 Å². The number of nitrogens with zero attached hydrogens (tertiary/aromatic N) is 1. The Hall–Kier alpha value is -1.92. The van der Waals surface area contributed by atoms with Gasteiger partial charge in [0.1, 0.15) is 11.6 Å². The number of hydrogen-bond acceptors (Lipinski definition) is 1. The molecule has 1 aromatic carbocycles. The number of benzene rings is 1. The van der Waals surface area contributed by atoms with Crippen LogP contribution in [0.5, 0.6) is 0 Å². The number of carbonyl (C=O) groups excluding carboxylic acids is 1. The molecule has 0 aliphatic heterocycles. The van der Waals surface area contributed by atoms with E-state index < -0.39 is 29.3 Å². The maximum Gasteiger partial charge on any atom is 0.456 e. The summed E-state index contributed by atoms with van der Waals surface area (Å²) in [4.78, 5) is 11.3. The third-order valence-electron chi connectivity index (χ3n) is 2.93. The first-order valence-corrected chi connectivity index (χ1v) is 5.20. The third-order valence-corrected chi connectivity index (χ3v) is 2.93. The van der Waals surface area contributed by atoms with Gasteiger partial charge in [-0.3, -0.25) is 4.79 Å². The molecule has 0 aliphatic rings. The van der Waals surface area contributed by atoms with Gasteiger partial charge in [-0.2, -0.15) is 13.2 Å². The Kier molecular flexibility index (Phi) is 2.87. The molecule has 0 bridgehead atoms. The van der Waals surface area contributed by atoms with E-state index in [0.29, 0.717) is 6.07 Å². The second-order valence-electron chi connectivity index (χ2n) is 4.14. The van der Waals surface area contributed by atoms with Crippen molar-refractivity contribution in [3.8, 4) is 0 Å². The van der Waals surface area contributed by atoms with Crippen molar-refractivity contribution in [3.05, 3.63) is 35.0 Å². The summed E-state index contributed by atoms with van der Waals surface area (Å²) in [5, 5.41) is -0.0485. The minimum Gasteiger partial charge on any atom is -0.338 e. The Morgan fingerprint density at radius 1 is 1.21 bits per heavy atom. The van der Waals surface area contributed by atoms with Crippen LogP contribution in [0.1, 0.15) is 16.1 Å². The summed E-state index contributed by atoms with van der Waals surface area (Å²) in [7, 11) is 1.13. The Bertz CT molecular complexity index is 684. The average molecular weight is 277 g/mol. The highest BCUT2D eigenvalue weighted by Crippen LogP contribution is 2.31. The van der Waals surface area contributed by atoms with Gasteiger partial charge in [0.05, 0.1) is 11.2 Å². The number of fused-ring (bicyclic) bond motifs is 1. The number of ketones is 1. The van der Waals surface area contributed by atoms with Crippen molar-refractivity contribution in [3.63, 3.8) is 0 Å². The molecular weight excluding hydrogens is 269 g/mol. The maximum atomic E-state index is 13.6. The van der Waals surface area contributed by atoms with E-state index >= 15 is 0 Å². The van der Waals surface area contributed by atoms with E-state index in [4.69, 9.17) is 0 Å². The van der Waals surface area contributed by atoms with Crippen LogP contribution >= 0.6 is 0 Å². The third kappa shape index (κ3) is 1.98. The van der Waals surface area contributed by atoms with Crippen molar-refractivity contribution < 1.29 is 26.7 Å². The van der Waals surface area contributed by atoms with Gasteiger partial charge in [0, 0.05) is 18.5 Å². The second kappa shape index (κ2) is 4.04. The molecule has 0 aliphatic carbocycles. The van der Waals surface area contributed by atoms with Crippen LogP contribution in [-0.4, -0.2) is 16.5 Å². The van der Waals surface area contributed by atoms with Gasteiger partial charge in [-0.05, 0) is 18.6 Å². The largest absolute Gasteiger partial charge is 0.456 e. The minimum atomic E-state index is -5.07. The molecule has 0 saturated heterocycles. The molecule has 2 aromatic rings. The average Bonchev–Trinajstić information content (AvgIpc) is 2.49. The normalized spacial score (nSPS) is 12.2. The molecule has 0 atom stereocenters. The quantitative estimate of drug-likeness (QED) is 0.577. The molecule has 0 N–H and O–H groups in total. The molecule has 0 fully saturated rings. The Labute approximate surface area is 104 Å². The Morgan fingerprint density at radius 2 is 1.79 bits per heavy atom. The lowest BCUT2D eigenvalue weighted by Crippen LogP contribution is -2.25.